The van der Waals surface area contributed by atoms with Crippen molar-refractivity contribution in [1.29, 1.82) is 0 Å². The molecule has 0 bridgehead atoms. The van der Waals surface area contributed by atoms with Crippen molar-refractivity contribution in [2.24, 2.45) is 0 Å². The molecule has 8 heteroatoms. The summed E-state index contributed by atoms with van der Waals surface area (Å²) in [5, 5.41) is 14.3. The molecular weight excluding hydrogens is 316 g/mol. The van der Waals surface area contributed by atoms with Gasteiger partial charge in [-0.1, -0.05) is 6.07 Å². The number of aliphatic hydroxyl groups excluding tert-OH is 1. The molecule has 1 N–H and O–H groups in total. The molecule has 0 amide bonds. The van der Waals surface area contributed by atoms with Crippen molar-refractivity contribution in [2.75, 3.05) is 11.4 Å². The highest BCUT2D eigenvalue weighted by molar-refractivity contribution is 5.50. The van der Waals surface area contributed by atoms with Crippen molar-refractivity contribution >= 4 is 11.6 Å². The van der Waals surface area contributed by atoms with Crippen molar-refractivity contribution in [1.82, 2.24) is 19.6 Å². The first-order chi connectivity index (χ1) is 11.5. The van der Waals surface area contributed by atoms with E-state index in [-0.39, 0.29) is 6.04 Å². The van der Waals surface area contributed by atoms with E-state index in [9.17, 15) is 13.9 Å². The molecule has 1 fully saturated rings. The van der Waals surface area contributed by atoms with Gasteiger partial charge in [-0.25, -0.2) is 13.8 Å². The zero-order chi connectivity index (χ0) is 16.8. The van der Waals surface area contributed by atoms with Gasteiger partial charge in [-0.15, -0.1) is 0 Å². The third kappa shape index (κ3) is 2.39. The molecule has 6 nitrogen and oxygen atoms in total. The second-order valence-electron chi connectivity index (χ2n) is 5.96. The summed E-state index contributed by atoms with van der Waals surface area (Å²) in [7, 11) is 0. The van der Waals surface area contributed by atoms with Gasteiger partial charge < -0.3 is 10.0 Å². The van der Waals surface area contributed by atoms with E-state index in [0.29, 0.717) is 30.1 Å². The summed E-state index contributed by atoms with van der Waals surface area (Å²) in [5.74, 6) is -0.621. The van der Waals surface area contributed by atoms with Gasteiger partial charge in [0.25, 0.3) is 5.78 Å². The third-order valence-corrected chi connectivity index (χ3v) is 4.26. The van der Waals surface area contributed by atoms with Gasteiger partial charge in [0.1, 0.15) is 12.1 Å². The molecule has 2 unspecified atom stereocenters. The molecular formula is C16H15F2N5O. The van der Waals surface area contributed by atoms with Crippen LogP contribution < -0.4 is 4.90 Å². The van der Waals surface area contributed by atoms with Crippen LogP contribution in [0.4, 0.5) is 14.6 Å². The van der Waals surface area contributed by atoms with Gasteiger partial charge in [-0.05, 0) is 31.0 Å². The zero-order valence-electron chi connectivity index (χ0n) is 12.9. The fourth-order valence-corrected chi connectivity index (χ4v) is 3.22. The predicted molar refractivity (Wildman–Crippen MR) is 82.6 cm³/mol. The maximum absolute atomic E-state index is 13.6. The number of fused-ring (bicyclic) bond motifs is 1. The quantitative estimate of drug-likeness (QED) is 0.778. The summed E-state index contributed by atoms with van der Waals surface area (Å²) in [5.41, 5.74) is 1.36. The Morgan fingerprint density at radius 3 is 2.83 bits per heavy atom. The van der Waals surface area contributed by atoms with Crippen molar-refractivity contribution in [3.63, 3.8) is 0 Å². The molecule has 0 spiro atoms. The summed E-state index contributed by atoms with van der Waals surface area (Å²) < 4.78 is 28.4. The Bertz CT molecular complexity index is 913. The molecule has 4 rings (SSSR count). The average molecular weight is 331 g/mol. The number of hydrogen-bond donors (Lipinski definition) is 1. The Balaban J connectivity index is 1.82. The van der Waals surface area contributed by atoms with Crippen LogP contribution in [0.2, 0.25) is 0 Å². The van der Waals surface area contributed by atoms with Crippen molar-refractivity contribution in [3.05, 3.63) is 53.5 Å². The monoisotopic (exact) mass is 331 g/mol. The van der Waals surface area contributed by atoms with Gasteiger partial charge in [0, 0.05) is 18.3 Å². The standard InChI is InChI=1S/C16H15F2N5O/c1-9-4-15(23-16(21-9)19-8-20-23)22-7-11(24)6-14(22)10-2-3-12(17)13(18)5-10/h2-5,8,11,14,24H,6-7H2,1H3. The fourth-order valence-electron chi connectivity index (χ4n) is 3.22. The lowest BCUT2D eigenvalue weighted by atomic mass is 10.0. The van der Waals surface area contributed by atoms with Gasteiger partial charge in [0.2, 0.25) is 0 Å². The molecule has 3 heterocycles. The van der Waals surface area contributed by atoms with Crippen LogP contribution >= 0.6 is 0 Å². The number of aromatic nitrogens is 4. The van der Waals surface area contributed by atoms with E-state index in [0.717, 1.165) is 11.8 Å². The van der Waals surface area contributed by atoms with E-state index < -0.39 is 17.7 Å². The van der Waals surface area contributed by atoms with Crippen LogP contribution in [-0.4, -0.2) is 37.3 Å². The fraction of sp³-hybridized carbons (Fsp3) is 0.312. The molecule has 124 valence electrons. The molecule has 3 aromatic rings. The van der Waals surface area contributed by atoms with E-state index in [1.807, 2.05) is 17.9 Å². The normalized spacial score (nSPS) is 20.9. The molecule has 0 aliphatic carbocycles. The van der Waals surface area contributed by atoms with Gasteiger partial charge in [0.05, 0.1) is 12.1 Å². The molecule has 1 aliphatic rings. The van der Waals surface area contributed by atoms with Crippen molar-refractivity contribution < 1.29 is 13.9 Å². The summed E-state index contributed by atoms with van der Waals surface area (Å²) in [6, 6.07) is 5.38. The number of nitrogens with zero attached hydrogens (tertiary/aromatic N) is 5. The highest BCUT2D eigenvalue weighted by Crippen LogP contribution is 2.36. The SMILES string of the molecule is Cc1cc(N2CC(O)CC2c2ccc(F)c(F)c2)n2ncnc2n1. The number of halogens is 2. The lowest BCUT2D eigenvalue weighted by molar-refractivity contribution is 0.194. The minimum Gasteiger partial charge on any atom is -0.391 e. The Morgan fingerprint density at radius 1 is 1.21 bits per heavy atom. The molecule has 0 radical (unpaired) electrons. The van der Waals surface area contributed by atoms with Gasteiger partial charge >= 0.3 is 0 Å². The van der Waals surface area contributed by atoms with Gasteiger partial charge in [-0.2, -0.15) is 14.6 Å². The van der Waals surface area contributed by atoms with Crippen LogP contribution in [0.3, 0.4) is 0 Å². The number of benzene rings is 1. The van der Waals surface area contributed by atoms with Crippen LogP contribution in [0.25, 0.3) is 5.78 Å². The first-order valence-electron chi connectivity index (χ1n) is 7.60. The Hall–Kier alpha value is -2.61. The largest absolute Gasteiger partial charge is 0.391 e. The number of rotatable bonds is 2. The average Bonchev–Trinajstić information content (AvgIpc) is 3.15. The molecule has 2 aromatic heterocycles. The number of aliphatic hydroxyl groups is 1. The summed E-state index contributed by atoms with van der Waals surface area (Å²) in [4.78, 5) is 10.3. The molecule has 0 saturated carbocycles. The summed E-state index contributed by atoms with van der Waals surface area (Å²) in [6.07, 6.45) is 1.25. The predicted octanol–water partition coefficient (Wildman–Crippen LogP) is 2.02. The highest BCUT2D eigenvalue weighted by atomic mass is 19.2. The van der Waals surface area contributed by atoms with E-state index in [4.69, 9.17) is 0 Å². The second kappa shape index (κ2) is 5.48. The van der Waals surface area contributed by atoms with Crippen LogP contribution in [0.5, 0.6) is 0 Å². The van der Waals surface area contributed by atoms with E-state index in [2.05, 4.69) is 15.1 Å². The topological polar surface area (TPSA) is 66.5 Å². The summed E-state index contributed by atoms with van der Waals surface area (Å²) in [6.45, 7) is 2.21. The molecule has 2 atom stereocenters. The molecule has 1 aliphatic heterocycles. The highest BCUT2D eigenvalue weighted by Gasteiger charge is 2.34. The maximum atomic E-state index is 13.6. The van der Waals surface area contributed by atoms with Crippen LogP contribution in [0.15, 0.2) is 30.6 Å². The van der Waals surface area contributed by atoms with E-state index in [1.165, 1.54) is 12.4 Å². The van der Waals surface area contributed by atoms with E-state index >= 15 is 0 Å². The van der Waals surface area contributed by atoms with Crippen molar-refractivity contribution in [2.45, 2.75) is 25.5 Å². The molecule has 1 saturated heterocycles. The molecule has 1 aromatic carbocycles. The van der Waals surface area contributed by atoms with E-state index in [1.54, 1.807) is 10.6 Å². The summed E-state index contributed by atoms with van der Waals surface area (Å²) >= 11 is 0. The van der Waals surface area contributed by atoms with Crippen molar-refractivity contribution in [3.8, 4) is 0 Å². The van der Waals surface area contributed by atoms with Crippen LogP contribution in [0, 0.1) is 18.6 Å². The second-order valence-corrected chi connectivity index (χ2v) is 5.96. The first-order valence-corrected chi connectivity index (χ1v) is 7.60. The Kier molecular flexibility index (Phi) is 3.42. The Labute approximate surface area is 136 Å². The van der Waals surface area contributed by atoms with Crippen LogP contribution in [-0.2, 0) is 0 Å². The lowest BCUT2D eigenvalue weighted by Crippen LogP contribution is -2.27. The minimum absolute atomic E-state index is 0.288. The first kappa shape index (κ1) is 14.9. The minimum atomic E-state index is -0.898. The van der Waals surface area contributed by atoms with Crippen LogP contribution in [0.1, 0.15) is 23.7 Å². The Morgan fingerprint density at radius 2 is 2.04 bits per heavy atom. The number of aryl methyl sites for hydroxylation is 1. The third-order valence-electron chi connectivity index (χ3n) is 4.26. The van der Waals surface area contributed by atoms with Gasteiger partial charge in [0.15, 0.2) is 11.6 Å². The zero-order valence-corrected chi connectivity index (χ0v) is 12.9. The number of hydrogen-bond acceptors (Lipinski definition) is 5. The smallest absolute Gasteiger partial charge is 0.254 e. The lowest BCUT2D eigenvalue weighted by Gasteiger charge is -2.27. The number of β-amino-alcohol motifs (C(OH)–C–C–N with tert-alkyl or cyclic N) is 1. The maximum Gasteiger partial charge on any atom is 0.254 e. The molecule has 24 heavy (non-hydrogen) atoms. The number of anilines is 1. The van der Waals surface area contributed by atoms with Gasteiger partial charge in [-0.3, -0.25) is 0 Å².